The number of nitrogens with one attached hydrogen (secondary N) is 1. The van der Waals surface area contributed by atoms with Crippen LogP contribution in [0.25, 0.3) is 22.0 Å². The zero-order chi connectivity index (χ0) is 20.1. The van der Waals surface area contributed by atoms with Gasteiger partial charge in [-0.05, 0) is 37.1 Å². The molecule has 0 amide bonds. The summed E-state index contributed by atoms with van der Waals surface area (Å²) in [6.07, 6.45) is 6.75. The molecule has 1 fully saturated rings. The Bertz CT molecular complexity index is 1210. The average molecular weight is 420 g/mol. The van der Waals surface area contributed by atoms with Crippen LogP contribution in [0.15, 0.2) is 46.3 Å². The van der Waals surface area contributed by atoms with Gasteiger partial charge < -0.3 is 14.5 Å². The lowest BCUT2D eigenvalue weighted by Gasteiger charge is -2.28. The molecule has 6 nitrogen and oxygen atoms in total. The third kappa shape index (κ3) is 3.12. The minimum absolute atomic E-state index is 0.121. The number of halogens is 1. The maximum Gasteiger partial charge on any atom is 0.274 e. The van der Waals surface area contributed by atoms with Crippen molar-refractivity contribution in [2.45, 2.75) is 23.8 Å². The van der Waals surface area contributed by atoms with Crippen LogP contribution in [0, 0.1) is 0 Å². The first-order valence-corrected chi connectivity index (χ1v) is 11.6. The topological polar surface area (TPSA) is 75.2 Å². The number of aromatic amines is 1. The van der Waals surface area contributed by atoms with Gasteiger partial charge in [-0.2, -0.15) is 0 Å². The van der Waals surface area contributed by atoms with Crippen molar-refractivity contribution in [1.82, 2.24) is 9.55 Å². The predicted molar refractivity (Wildman–Crippen MR) is 113 cm³/mol. The van der Waals surface area contributed by atoms with Crippen molar-refractivity contribution in [3.8, 4) is 11.1 Å². The highest BCUT2D eigenvalue weighted by Crippen LogP contribution is 2.39. The third-order valence-electron chi connectivity index (χ3n) is 5.45. The molecule has 0 radical (unpaired) electrons. The number of nitrogens with zero attached hydrogens (tertiary/aromatic N) is 2. The number of anilines is 1. The quantitative estimate of drug-likeness (QED) is 0.659. The zero-order valence-electron chi connectivity index (χ0n) is 15.8. The Morgan fingerprint density at radius 2 is 2.04 bits per heavy atom. The lowest BCUT2D eigenvalue weighted by atomic mass is 10.0. The Hall–Kier alpha value is -2.25. The number of benzene rings is 1. The van der Waals surface area contributed by atoms with E-state index in [2.05, 4.69) is 9.88 Å². The molecule has 1 N–H and O–H groups in total. The summed E-state index contributed by atoms with van der Waals surface area (Å²) in [6, 6.07) is 7.28. The molecule has 8 heteroatoms. The molecule has 1 unspecified atom stereocenters. The largest absolute Gasteiger partial charge is 0.367 e. The summed E-state index contributed by atoms with van der Waals surface area (Å²) < 4.78 is 25.9. The fourth-order valence-corrected chi connectivity index (χ4v) is 4.98. The number of aryl methyl sites for hydroxylation is 1. The van der Waals surface area contributed by atoms with Gasteiger partial charge in [-0.25, -0.2) is 8.42 Å². The summed E-state index contributed by atoms with van der Waals surface area (Å²) in [4.78, 5) is 18.0. The van der Waals surface area contributed by atoms with Crippen molar-refractivity contribution < 1.29 is 8.42 Å². The summed E-state index contributed by atoms with van der Waals surface area (Å²) in [5.74, 6) is 0.514. The fourth-order valence-electron chi connectivity index (χ4n) is 4.01. The van der Waals surface area contributed by atoms with Crippen molar-refractivity contribution in [1.29, 1.82) is 0 Å². The average Bonchev–Trinajstić information content (AvgIpc) is 3.32. The van der Waals surface area contributed by atoms with Crippen LogP contribution in [0.2, 0.25) is 0 Å². The van der Waals surface area contributed by atoms with Gasteiger partial charge in [0.15, 0.2) is 9.84 Å². The molecular formula is C20H22ClN3O3S. The van der Waals surface area contributed by atoms with Gasteiger partial charge >= 0.3 is 0 Å². The summed E-state index contributed by atoms with van der Waals surface area (Å²) in [6.45, 7) is 0.866. The van der Waals surface area contributed by atoms with Crippen LogP contribution in [0.5, 0.6) is 0 Å². The van der Waals surface area contributed by atoms with Crippen LogP contribution in [0.3, 0.4) is 0 Å². The Labute approximate surface area is 168 Å². The highest BCUT2D eigenvalue weighted by Gasteiger charge is 2.27. The van der Waals surface area contributed by atoms with Gasteiger partial charge in [0.2, 0.25) is 0 Å². The van der Waals surface area contributed by atoms with Crippen molar-refractivity contribution in [2.75, 3.05) is 23.6 Å². The molecule has 0 saturated carbocycles. The van der Waals surface area contributed by atoms with Crippen LogP contribution >= 0.6 is 11.6 Å². The normalized spacial score (nSPS) is 17.5. The predicted octanol–water partition coefficient (Wildman–Crippen LogP) is 3.14. The molecule has 0 bridgehead atoms. The molecular weight excluding hydrogens is 398 g/mol. The number of sulfone groups is 1. The SMILES string of the molecule is Cn1cc(-c2cc(S(C)(=O)=O)ccc2N2CCCC2CCl)c2cc[nH]c2c1=O. The molecule has 1 aliphatic rings. The molecule has 3 heterocycles. The number of H-pyrrole nitrogens is 1. The fraction of sp³-hybridized carbons (Fsp3) is 0.350. The van der Waals surface area contributed by atoms with E-state index in [4.69, 9.17) is 11.6 Å². The van der Waals surface area contributed by atoms with E-state index < -0.39 is 9.84 Å². The van der Waals surface area contributed by atoms with Gasteiger partial charge in [0.05, 0.1) is 4.90 Å². The van der Waals surface area contributed by atoms with Crippen LogP contribution < -0.4 is 10.5 Å². The summed E-state index contributed by atoms with van der Waals surface area (Å²) in [7, 11) is -1.67. The van der Waals surface area contributed by atoms with Gasteiger partial charge in [-0.1, -0.05) is 0 Å². The molecule has 4 rings (SSSR count). The number of fused-ring (bicyclic) bond motifs is 1. The molecule has 28 heavy (non-hydrogen) atoms. The van der Waals surface area contributed by atoms with E-state index in [1.165, 1.54) is 10.8 Å². The highest BCUT2D eigenvalue weighted by atomic mass is 35.5. The number of hydrogen-bond acceptors (Lipinski definition) is 4. The molecule has 148 valence electrons. The van der Waals surface area contributed by atoms with E-state index >= 15 is 0 Å². The summed E-state index contributed by atoms with van der Waals surface area (Å²) in [5.41, 5.74) is 2.94. The summed E-state index contributed by atoms with van der Waals surface area (Å²) in [5, 5.41) is 0.775. The molecule has 1 aromatic carbocycles. The van der Waals surface area contributed by atoms with E-state index in [0.29, 0.717) is 11.4 Å². The molecule has 1 saturated heterocycles. The second-order valence-corrected chi connectivity index (χ2v) is 9.64. The smallest absolute Gasteiger partial charge is 0.274 e. The number of hydrogen-bond donors (Lipinski definition) is 1. The minimum atomic E-state index is -3.37. The van der Waals surface area contributed by atoms with E-state index in [-0.39, 0.29) is 16.5 Å². The minimum Gasteiger partial charge on any atom is -0.367 e. The molecule has 0 aliphatic carbocycles. The van der Waals surface area contributed by atoms with Gasteiger partial charge in [-0.3, -0.25) is 4.79 Å². The van der Waals surface area contributed by atoms with Crippen molar-refractivity contribution in [3.05, 3.63) is 47.0 Å². The monoisotopic (exact) mass is 419 g/mol. The first kappa shape index (κ1) is 19.1. The maximum absolute atomic E-state index is 12.4. The standard InChI is InChI=1S/C20H22ClN3O3S/c1-23-12-17(15-7-8-22-19(15)20(23)25)16-10-14(28(2,26)27)5-6-18(16)24-9-3-4-13(24)11-21/h5-8,10,12-13,22H,3-4,9,11H2,1-2H3. The maximum atomic E-state index is 12.4. The van der Waals surface area contributed by atoms with Crippen molar-refractivity contribution >= 4 is 38.0 Å². The third-order valence-corrected chi connectivity index (χ3v) is 6.91. The number of alkyl halides is 1. The molecule has 3 aromatic rings. The Kier molecular flexibility index (Phi) is 4.75. The zero-order valence-corrected chi connectivity index (χ0v) is 17.3. The van der Waals surface area contributed by atoms with E-state index in [1.807, 2.05) is 12.1 Å². The Morgan fingerprint density at radius 1 is 1.25 bits per heavy atom. The Morgan fingerprint density at radius 3 is 2.75 bits per heavy atom. The first-order chi connectivity index (χ1) is 13.3. The molecule has 1 aliphatic heterocycles. The van der Waals surface area contributed by atoms with E-state index in [0.717, 1.165) is 41.6 Å². The Balaban J connectivity index is 2.03. The molecule has 0 spiro atoms. The molecule has 1 atom stereocenters. The van der Waals surface area contributed by atoms with Gasteiger partial charge in [0, 0.05) is 66.4 Å². The van der Waals surface area contributed by atoms with Crippen molar-refractivity contribution in [3.63, 3.8) is 0 Å². The second-order valence-electron chi connectivity index (χ2n) is 7.32. The van der Waals surface area contributed by atoms with Gasteiger partial charge in [-0.15, -0.1) is 11.6 Å². The van der Waals surface area contributed by atoms with Crippen LogP contribution in [0.4, 0.5) is 5.69 Å². The van der Waals surface area contributed by atoms with Crippen LogP contribution in [0.1, 0.15) is 12.8 Å². The van der Waals surface area contributed by atoms with E-state index in [9.17, 15) is 13.2 Å². The second kappa shape index (κ2) is 6.97. The van der Waals surface area contributed by atoms with Crippen LogP contribution in [-0.2, 0) is 16.9 Å². The number of pyridine rings is 1. The first-order valence-electron chi connectivity index (χ1n) is 9.15. The number of rotatable bonds is 4. The van der Waals surface area contributed by atoms with Gasteiger partial charge in [0.1, 0.15) is 5.52 Å². The lowest BCUT2D eigenvalue weighted by Crippen LogP contribution is -2.31. The number of aromatic nitrogens is 2. The molecule has 2 aromatic heterocycles. The van der Waals surface area contributed by atoms with Crippen molar-refractivity contribution in [2.24, 2.45) is 7.05 Å². The van der Waals surface area contributed by atoms with Crippen LogP contribution in [-0.4, -0.2) is 42.7 Å². The summed E-state index contributed by atoms with van der Waals surface area (Å²) >= 11 is 6.19. The lowest BCUT2D eigenvalue weighted by molar-refractivity contribution is 0.602. The highest BCUT2D eigenvalue weighted by molar-refractivity contribution is 7.90. The van der Waals surface area contributed by atoms with E-state index in [1.54, 1.807) is 31.6 Å². The van der Waals surface area contributed by atoms with Gasteiger partial charge in [0.25, 0.3) is 5.56 Å².